The van der Waals surface area contributed by atoms with Gasteiger partial charge in [-0.1, -0.05) is 40.9 Å². The van der Waals surface area contributed by atoms with Crippen molar-refractivity contribution >= 4 is 46.4 Å². The molecule has 0 fully saturated rings. The van der Waals surface area contributed by atoms with Gasteiger partial charge in [0.05, 0.1) is 35.0 Å². The highest BCUT2D eigenvalue weighted by atomic mass is 35.5. The molecule has 0 radical (unpaired) electrons. The molecule has 1 N–H and O–H groups in total. The van der Waals surface area contributed by atoms with Crippen molar-refractivity contribution in [3.63, 3.8) is 0 Å². The fraction of sp³-hybridized carbons (Fsp3) is 0.136. The third-order valence-corrected chi connectivity index (χ3v) is 5.27. The fourth-order valence-electron chi connectivity index (χ4n) is 2.70. The Morgan fingerprint density at radius 3 is 2.33 bits per heavy atom. The lowest BCUT2D eigenvalue weighted by atomic mass is 10.1. The smallest absolute Gasteiger partial charge is 0.255 e. The first-order valence-electron chi connectivity index (χ1n) is 8.81. The maximum atomic E-state index is 12.7. The van der Waals surface area contributed by atoms with Gasteiger partial charge >= 0.3 is 0 Å². The summed E-state index contributed by atoms with van der Waals surface area (Å²) in [6.45, 7) is 0.199. The molecule has 5 nitrogen and oxygen atoms in total. The van der Waals surface area contributed by atoms with Gasteiger partial charge in [-0.05, 0) is 42.5 Å². The molecule has 0 unspecified atom stereocenters. The van der Waals surface area contributed by atoms with Crippen molar-refractivity contribution in [2.45, 2.75) is 6.61 Å². The molecule has 0 aliphatic carbocycles. The van der Waals surface area contributed by atoms with Gasteiger partial charge in [0.2, 0.25) is 0 Å². The number of nitrogens with one attached hydrogen (secondary N) is 1. The van der Waals surface area contributed by atoms with E-state index in [-0.39, 0.29) is 17.5 Å². The van der Waals surface area contributed by atoms with Gasteiger partial charge in [-0.15, -0.1) is 0 Å². The first-order chi connectivity index (χ1) is 14.4. The Hall–Kier alpha value is -2.60. The van der Waals surface area contributed by atoms with E-state index in [1.165, 1.54) is 12.1 Å². The number of carbonyl (C=O) groups is 1. The highest BCUT2D eigenvalue weighted by Crippen LogP contribution is 2.33. The lowest BCUT2D eigenvalue weighted by Gasteiger charge is -2.13. The molecule has 0 saturated carbocycles. The molecule has 0 aromatic heterocycles. The van der Waals surface area contributed by atoms with E-state index >= 15 is 0 Å². The number of amides is 1. The van der Waals surface area contributed by atoms with Crippen LogP contribution in [0.1, 0.15) is 15.9 Å². The van der Waals surface area contributed by atoms with Crippen molar-refractivity contribution in [3.05, 3.63) is 80.8 Å². The van der Waals surface area contributed by atoms with Crippen LogP contribution in [0.4, 0.5) is 5.69 Å². The molecule has 3 rings (SSSR count). The summed E-state index contributed by atoms with van der Waals surface area (Å²) in [7, 11) is 3.14. The van der Waals surface area contributed by atoms with Gasteiger partial charge in [-0.2, -0.15) is 0 Å². The lowest BCUT2D eigenvalue weighted by molar-refractivity contribution is 0.102. The van der Waals surface area contributed by atoms with Gasteiger partial charge in [0, 0.05) is 17.2 Å². The normalized spacial score (nSPS) is 10.4. The third kappa shape index (κ3) is 5.30. The van der Waals surface area contributed by atoms with Crippen LogP contribution in [0.15, 0.2) is 54.6 Å². The summed E-state index contributed by atoms with van der Waals surface area (Å²) in [6.07, 6.45) is 0. The minimum atomic E-state index is -0.361. The van der Waals surface area contributed by atoms with Crippen molar-refractivity contribution < 1.29 is 19.0 Å². The number of ether oxygens (including phenoxy) is 3. The van der Waals surface area contributed by atoms with Crippen molar-refractivity contribution in [3.8, 4) is 17.2 Å². The standard InChI is InChI=1S/C22H18Cl3NO4/c1-28-15-4-3-5-16(9-15)30-12-14-8-13(6-7-21(14)29-2)22(27)26-20-11-18(24)17(23)10-19(20)25/h3-11H,12H2,1-2H3,(H,26,27). The number of hydrogen-bond acceptors (Lipinski definition) is 4. The van der Waals surface area contributed by atoms with Crippen LogP contribution in [0.5, 0.6) is 17.2 Å². The zero-order valence-electron chi connectivity index (χ0n) is 16.2. The molecule has 0 aliphatic rings. The van der Waals surface area contributed by atoms with Gasteiger partial charge in [-0.3, -0.25) is 4.79 Å². The topological polar surface area (TPSA) is 56.8 Å². The van der Waals surface area contributed by atoms with Crippen LogP contribution in [0.25, 0.3) is 0 Å². The molecule has 0 aliphatic heterocycles. The summed E-state index contributed by atoms with van der Waals surface area (Å²) in [5.41, 5.74) is 1.47. The SMILES string of the molecule is COc1cccc(OCc2cc(C(=O)Nc3cc(Cl)c(Cl)cc3Cl)ccc2OC)c1. The molecule has 3 aromatic rings. The van der Waals surface area contributed by atoms with Gasteiger partial charge < -0.3 is 19.5 Å². The number of methoxy groups -OCH3 is 2. The van der Waals surface area contributed by atoms with Gasteiger partial charge in [0.1, 0.15) is 23.9 Å². The van der Waals surface area contributed by atoms with Crippen molar-refractivity contribution in [1.82, 2.24) is 0 Å². The van der Waals surface area contributed by atoms with Crippen molar-refractivity contribution in [2.24, 2.45) is 0 Å². The van der Waals surface area contributed by atoms with Crippen LogP contribution >= 0.6 is 34.8 Å². The van der Waals surface area contributed by atoms with E-state index in [1.54, 1.807) is 38.5 Å². The Labute approximate surface area is 189 Å². The molecule has 3 aromatic carbocycles. The second kappa shape index (κ2) is 9.94. The highest BCUT2D eigenvalue weighted by molar-refractivity contribution is 6.44. The zero-order valence-corrected chi connectivity index (χ0v) is 18.4. The van der Waals surface area contributed by atoms with E-state index in [4.69, 9.17) is 49.0 Å². The predicted molar refractivity (Wildman–Crippen MR) is 120 cm³/mol. The third-order valence-electron chi connectivity index (χ3n) is 4.24. The van der Waals surface area contributed by atoms with Crippen LogP contribution in [-0.4, -0.2) is 20.1 Å². The van der Waals surface area contributed by atoms with Crippen LogP contribution in [0, 0.1) is 0 Å². The maximum Gasteiger partial charge on any atom is 0.255 e. The monoisotopic (exact) mass is 465 g/mol. The van der Waals surface area contributed by atoms with Crippen molar-refractivity contribution in [2.75, 3.05) is 19.5 Å². The fourth-order valence-corrected chi connectivity index (χ4v) is 3.29. The molecule has 0 saturated heterocycles. The summed E-state index contributed by atoms with van der Waals surface area (Å²) in [6, 6.07) is 15.3. The zero-order chi connectivity index (χ0) is 21.7. The Bertz CT molecular complexity index is 1070. The lowest BCUT2D eigenvalue weighted by Crippen LogP contribution is -2.13. The van der Waals surface area contributed by atoms with Crippen LogP contribution in [0.3, 0.4) is 0 Å². The Morgan fingerprint density at radius 2 is 1.60 bits per heavy atom. The highest BCUT2D eigenvalue weighted by Gasteiger charge is 2.14. The minimum absolute atomic E-state index is 0.199. The number of halogens is 3. The second-order valence-corrected chi connectivity index (χ2v) is 7.42. The molecule has 0 atom stereocenters. The van der Waals surface area contributed by atoms with Gasteiger partial charge in [-0.25, -0.2) is 0 Å². The average molecular weight is 467 g/mol. The number of anilines is 1. The van der Waals surface area contributed by atoms with E-state index in [9.17, 15) is 4.79 Å². The van der Waals surface area contributed by atoms with Gasteiger partial charge in [0.25, 0.3) is 5.91 Å². The number of benzene rings is 3. The predicted octanol–water partition coefficient (Wildman–Crippen LogP) is 6.50. The minimum Gasteiger partial charge on any atom is -0.497 e. The van der Waals surface area contributed by atoms with Crippen LogP contribution < -0.4 is 19.5 Å². The Balaban J connectivity index is 1.79. The number of hydrogen-bond donors (Lipinski definition) is 1. The van der Waals surface area contributed by atoms with Crippen molar-refractivity contribution in [1.29, 1.82) is 0 Å². The van der Waals surface area contributed by atoms with Crippen LogP contribution in [0.2, 0.25) is 15.1 Å². The number of rotatable bonds is 7. The summed E-state index contributed by atoms with van der Waals surface area (Å²) in [5.74, 6) is 1.56. The Morgan fingerprint density at radius 1 is 0.867 bits per heavy atom. The molecule has 156 valence electrons. The molecule has 0 heterocycles. The Kier molecular flexibility index (Phi) is 7.32. The first kappa shape index (κ1) is 22.1. The average Bonchev–Trinajstić information content (AvgIpc) is 2.75. The van der Waals surface area contributed by atoms with Gasteiger partial charge in [0.15, 0.2) is 0 Å². The van der Waals surface area contributed by atoms with E-state index in [2.05, 4.69) is 5.32 Å². The molecule has 0 spiro atoms. The summed E-state index contributed by atoms with van der Waals surface area (Å²) < 4.78 is 16.4. The van der Waals surface area contributed by atoms with Crippen LogP contribution in [-0.2, 0) is 6.61 Å². The molecule has 30 heavy (non-hydrogen) atoms. The quantitative estimate of drug-likeness (QED) is 0.404. The number of carbonyl (C=O) groups excluding carboxylic acids is 1. The molecule has 1 amide bonds. The molecular weight excluding hydrogens is 449 g/mol. The second-order valence-electron chi connectivity index (χ2n) is 6.19. The summed E-state index contributed by atoms with van der Waals surface area (Å²) in [4.78, 5) is 12.7. The molecule has 8 heteroatoms. The van der Waals surface area contributed by atoms with E-state index in [0.717, 1.165) is 0 Å². The first-order valence-corrected chi connectivity index (χ1v) is 9.94. The summed E-state index contributed by atoms with van der Waals surface area (Å²) in [5, 5.41) is 3.62. The molecular formula is C22H18Cl3NO4. The summed E-state index contributed by atoms with van der Waals surface area (Å²) >= 11 is 18.1. The largest absolute Gasteiger partial charge is 0.497 e. The van der Waals surface area contributed by atoms with E-state index < -0.39 is 0 Å². The maximum absolute atomic E-state index is 12.7. The van der Waals surface area contributed by atoms with E-state index in [0.29, 0.717) is 44.1 Å². The molecule has 0 bridgehead atoms. The van der Waals surface area contributed by atoms with E-state index in [1.807, 2.05) is 18.2 Å².